The molecule has 0 aliphatic heterocycles. The second kappa shape index (κ2) is 8.70. The van der Waals surface area contributed by atoms with E-state index >= 15 is 0 Å². The second-order valence-corrected chi connectivity index (χ2v) is 2.40. The summed E-state index contributed by atoms with van der Waals surface area (Å²) in [6.45, 7) is 7.61. The molecular weight excluding hydrogens is 124 g/mol. The van der Waals surface area contributed by atoms with Crippen LogP contribution in [0.3, 0.4) is 0 Å². The molecular formula is C9H18O. The van der Waals surface area contributed by atoms with Crippen LogP contribution in [0.2, 0.25) is 0 Å². The maximum atomic E-state index is 5.30. The Labute approximate surface area is 64.1 Å². The number of rotatable bonds is 7. The quantitative estimate of drug-likeness (QED) is 0.392. The third-order valence-corrected chi connectivity index (χ3v) is 1.30. The molecule has 10 heavy (non-hydrogen) atoms. The lowest BCUT2D eigenvalue weighted by Crippen LogP contribution is -1.94. The van der Waals surface area contributed by atoms with E-state index < -0.39 is 0 Å². The molecule has 0 N–H and O–H groups in total. The van der Waals surface area contributed by atoms with E-state index in [9.17, 15) is 0 Å². The topological polar surface area (TPSA) is 9.23 Å². The van der Waals surface area contributed by atoms with E-state index in [0.717, 1.165) is 26.1 Å². The van der Waals surface area contributed by atoms with Crippen LogP contribution in [0, 0.1) is 0 Å². The summed E-state index contributed by atoms with van der Waals surface area (Å²) in [5.74, 6) is 0. The fraction of sp³-hybridized carbons (Fsp3) is 0.778. The van der Waals surface area contributed by atoms with E-state index in [1.807, 2.05) is 6.08 Å². The van der Waals surface area contributed by atoms with Crippen molar-refractivity contribution in [3.05, 3.63) is 12.7 Å². The van der Waals surface area contributed by atoms with Crippen LogP contribution < -0.4 is 0 Å². The summed E-state index contributed by atoms with van der Waals surface area (Å²) in [7, 11) is 0. The lowest BCUT2D eigenvalue weighted by molar-refractivity contribution is 0.131. The average molecular weight is 142 g/mol. The van der Waals surface area contributed by atoms with Crippen LogP contribution in [0.15, 0.2) is 12.7 Å². The summed E-state index contributed by atoms with van der Waals surface area (Å²) < 4.78 is 5.30. The van der Waals surface area contributed by atoms with Gasteiger partial charge in [0.15, 0.2) is 0 Å². The van der Waals surface area contributed by atoms with Crippen LogP contribution in [-0.2, 0) is 4.74 Å². The molecule has 0 aromatic heterocycles. The summed E-state index contributed by atoms with van der Waals surface area (Å²) in [6.07, 6.45) is 6.59. The summed E-state index contributed by atoms with van der Waals surface area (Å²) in [4.78, 5) is 0. The summed E-state index contributed by atoms with van der Waals surface area (Å²) in [6, 6.07) is 0. The molecule has 0 atom stereocenters. The minimum absolute atomic E-state index is 0.911. The van der Waals surface area contributed by atoms with Gasteiger partial charge in [-0.25, -0.2) is 0 Å². The zero-order chi connectivity index (χ0) is 7.66. The normalized spacial score (nSPS) is 9.70. The molecule has 0 spiro atoms. The molecule has 0 aromatic rings. The highest BCUT2D eigenvalue weighted by Gasteiger charge is 1.85. The van der Waals surface area contributed by atoms with Gasteiger partial charge < -0.3 is 4.74 Å². The summed E-state index contributed by atoms with van der Waals surface area (Å²) >= 11 is 0. The molecule has 0 fully saturated rings. The van der Waals surface area contributed by atoms with Crippen molar-refractivity contribution < 1.29 is 4.74 Å². The predicted molar refractivity (Wildman–Crippen MR) is 45.2 cm³/mol. The van der Waals surface area contributed by atoms with Crippen molar-refractivity contribution in [3.63, 3.8) is 0 Å². The molecule has 60 valence electrons. The van der Waals surface area contributed by atoms with Gasteiger partial charge in [0.25, 0.3) is 0 Å². The highest BCUT2D eigenvalue weighted by atomic mass is 16.5. The summed E-state index contributed by atoms with van der Waals surface area (Å²) in [5.41, 5.74) is 0. The van der Waals surface area contributed by atoms with Crippen molar-refractivity contribution in [2.45, 2.75) is 32.6 Å². The smallest absolute Gasteiger partial charge is 0.0466 e. The van der Waals surface area contributed by atoms with Gasteiger partial charge in [-0.05, 0) is 25.7 Å². The van der Waals surface area contributed by atoms with Crippen LogP contribution in [0.25, 0.3) is 0 Å². The fourth-order valence-electron chi connectivity index (χ4n) is 0.739. The molecule has 0 bridgehead atoms. The van der Waals surface area contributed by atoms with Gasteiger partial charge in [0.2, 0.25) is 0 Å². The zero-order valence-corrected chi connectivity index (χ0v) is 6.94. The standard InChI is InChI=1S/C9H18O/c1-3-5-6-7-9-10-8-4-2/h3H,1,4-9H2,2H3. The van der Waals surface area contributed by atoms with Crippen LogP contribution in [0.1, 0.15) is 32.6 Å². The number of hydrogen-bond acceptors (Lipinski definition) is 1. The highest BCUT2D eigenvalue weighted by molar-refractivity contribution is 4.64. The van der Waals surface area contributed by atoms with Gasteiger partial charge in [0.05, 0.1) is 0 Å². The molecule has 1 nitrogen and oxygen atoms in total. The van der Waals surface area contributed by atoms with Crippen LogP contribution in [0.4, 0.5) is 0 Å². The Morgan fingerprint density at radius 1 is 1.30 bits per heavy atom. The second-order valence-electron chi connectivity index (χ2n) is 2.40. The first-order valence-electron chi connectivity index (χ1n) is 4.10. The minimum atomic E-state index is 0.911. The van der Waals surface area contributed by atoms with Gasteiger partial charge in [0.1, 0.15) is 0 Å². The molecule has 0 aliphatic rings. The number of unbranched alkanes of at least 4 members (excludes halogenated alkanes) is 2. The van der Waals surface area contributed by atoms with Gasteiger partial charge in [-0.1, -0.05) is 13.0 Å². The van der Waals surface area contributed by atoms with E-state index in [-0.39, 0.29) is 0 Å². The maximum Gasteiger partial charge on any atom is 0.0466 e. The molecule has 0 aliphatic carbocycles. The Hall–Kier alpha value is -0.300. The van der Waals surface area contributed by atoms with E-state index in [2.05, 4.69) is 13.5 Å². The van der Waals surface area contributed by atoms with Crippen molar-refractivity contribution in [3.8, 4) is 0 Å². The highest BCUT2D eigenvalue weighted by Crippen LogP contribution is 1.95. The molecule has 0 unspecified atom stereocenters. The zero-order valence-electron chi connectivity index (χ0n) is 6.94. The van der Waals surface area contributed by atoms with E-state index in [1.165, 1.54) is 12.8 Å². The maximum absolute atomic E-state index is 5.30. The first-order chi connectivity index (χ1) is 4.91. The number of ether oxygens (including phenoxy) is 1. The van der Waals surface area contributed by atoms with Gasteiger partial charge in [-0.2, -0.15) is 0 Å². The van der Waals surface area contributed by atoms with Crippen molar-refractivity contribution in [2.75, 3.05) is 13.2 Å². The summed E-state index contributed by atoms with van der Waals surface area (Å²) in [5, 5.41) is 0. The van der Waals surface area contributed by atoms with E-state index in [4.69, 9.17) is 4.74 Å². The monoisotopic (exact) mass is 142 g/mol. The molecule has 0 saturated heterocycles. The van der Waals surface area contributed by atoms with Crippen molar-refractivity contribution >= 4 is 0 Å². The lowest BCUT2D eigenvalue weighted by Gasteiger charge is -1.99. The fourth-order valence-corrected chi connectivity index (χ4v) is 0.739. The number of hydrogen-bond donors (Lipinski definition) is 0. The number of allylic oxidation sites excluding steroid dienone is 1. The Kier molecular flexibility index (Phi) is 8.44. The van der Waals surface area contributed by atoms with E-state index in [1.54, 1.807) is 0 Å². The third-order valence-electron chi connectivity index (χ3n) is 1.30. The van der Waals surface area contributed by atoms with Crippen LogP contribution >= 0.6 is 0 Å². The molecule has 0 rings (SSSR count). The largest absolute Gasteiger partial charge is 0.381 e. The van der Waals surface area contributed by atoms with Crippen molar-refractivity contribution in [1.82, 2.24) is 0 Å². The van der Waals surface area contributed by atoms with E-state index in [0.29, 0.717) is 0 Å². The Morgan fingerprint density at radius 3 is 2.70 bits per heavy atom. The third kappa shape index (κ3) is 7.70. The van der Waals surface area contributed by atoms with Crippen LogP contribution in [0.5, 0.6) is 0 Å². The molecule has 0 aromatic carbocycles. The lowest BCUT2D eigenvalue weighted by atomic mass is 10.2. The molecule has 0 saturated carbocycles. The first-order valence-corrected chi connectivity index (χ1v) is 4.10. The van der Waals surface area contributed by atoms with Gasteiger partial charge in [-0.3, -0.25) is 0 Å². The molecule has 0 heterocycles. The Balaban J connectivity index is 2.70. The molecule has 0 amide bonds. The van der Waals surface area contributed by atoms with Crippen molar-refractivity contribution in [2.24, 2.45) is 0 Å². The van der Waals surface area contributed by atoms with Crippen LogP contribution in [-0.4, -0.2) is 13.2 Å². The minimum Gasteiger partial charge on any atom is -0.381 e. The Bertz CT molecular complexity index is 69.1. The first kappa shape index (κ1) is 9.70. The van der Waals surface area contributed by atoms with Crippen molar-refractivity contribution in [1.29, 1.82) is 0 Å². The molecule has 1 heteroatoms. The van der Waals surface area contributed by atoms with Gasteiger partial charge in [-0.15, -0.1) is 6.58 Å². The Morgan fingerprint density at radius 2 is 2.10 bits per heavy atom. The molecule has 0 radical (unpaired) electrons. The van der Waals surface area contributed by atoms with Gasteiger partial charge >= 0.3 is 0 Å². The van der Waals surface area contributed by atoms with Gasteiger partial charge in [0, 0.05) is 13.2 Å². The SMILES string of the molecule is C=CCCCCOCCC. The average Bonchev–Trinajstić information content (AvgIpc) is 1.97. The predicted octanol–water partition coefficient (Wildman–Crippen LogP) is 2.77.